The third-order valence-corrected chi connectivity index (χ3v) is 5.30. The number of methoxy groups -OCH3 is 1. The van der Waals surface area contributed by atoms with Gasteiger partial charge in [-0.15, -0.1) is 0 Å². The van der Waals surface area contributed by atoms with Crippen molar-refractivity contribution in [2.24, 2.45) is 11.8 Å². The number of aliphatic hydroxyl groups is 1. The second-order valence-electron chi connectivity index (χ2n) is 7.68. The second kappa shape index (κ2) is 12.3. The highest BCUT2D eigenvalue weighted by atomic mass is 16.5. The molecule has 5 heteroatoms. The number of carbonyl (C=O) groups excluding carboxylic acids is 1. The zero-order valence-electron chi connectivity index (χ0n) is 17.1. The summed E-state index contributed by atoms with van der Waals surface area (Å²) in [4.78, 5) is 22.7. The number of aliphatic hydroxyl groups excluding tert-OH is 1. The molecule has 2 N–H and O–H groups in total. The molecule has 0 heterocycles. The Morgan fingerprint density at radius 1 is 1.31 bits per heavy atom. The number of carbonyl (C=O) groups is 2. The van der Waals surface area contributed by atoms with Crippen molar-refractivity contribution in [1.29, 1.82) is 0 Å². The Morgan fingerprint density at radius 2 is 2.10 bits per heavy atom. The normalized spacial score (nSPS) is 20.7. The van der Waals surface area contributed by atoms with E-state index in [1.165, 1.54) is 0 Å². The highest BCUT2D eigenvalue weighted by Crippen LogP contribution is 2.33. The Balaban J connectivity index is 1.84. The molecule has 1 aliphatic carbocycles. The largest absolute Gasteiger partial charge is 0.481 e. The third kappa shape index (κ3) is 8.34. The summed E-state index contributed by atoms with van der Waals surface area (Å²) in [6.07, 6.45) is 11.3. The van der Waals surface area contributed by atoms with Crippen LogP contribution in [-0.4, -0.2) is 35.2 Å². The average Bonchev–Trinajstić information content (AvgIpc) is 3.03. The number of hydrogen-bond donors (Lipinski definition) is 2. The first-order chi connectivity index (χ1) is 14.0. The van der Waals surface area contributed by atoms with E-state index in [0.29, 0.717) is 38.7 Å². The number of ether oxygens (including phenoxy) is 1. The maximum atomic E-state index is 12.2. The van der Waals surface area contributed by atoms with E-state index in [1.807, 2.05) is 48.6 Å². The molecule has 3 atom stereocenters. The van der Waals surface area contributed by atoms with E-state index in [4.69, 9.17) is 9.84 Å². The third-order valence-electron chi connectivity index (χ3n) is 5.30. The molecule has 0 radical (unpaired) electrons. The van der Waals surface area contributed by atoms with Crippen LogP contribution in [0.3, 0.4) is 0 Å². The molecule has 5 nitrogen and oxygen atoms in total. The number of unbranched alkanes of at least 4 members (excludes halogenated alkanes) is 1. The van der Waals surface area contributed by atoms with Crippen LogP contribution >= 0.6 is 0 Å². The molecular weight excluding hydrogens is 368 g/mol. The van der Waals surface area contributed by atoms with E-state index >= 15 is 0 Å². The Morgan fingerprint density at radius 3 is 2.86 bits per heavy atom. The molecule has 0 aliphatic heterocycles. The van der Waals surface area contributed by atoms with Gasteiger partial charge < -0.3 is 14.9 Å². The summed E-state index contributed by atoms with van der Waals surface area (Å²) >= 11 is 0. The van der Waals surface area contributed by atoms with Crippen LogP contribution in [-0.2, 0) is 27.4 Å². The van der Waals surface area contributed by atoms with Gasteiger partial charge in [0, 0.05) is 32.3 Å². The fourth-order valence-electron chi connectivity index (χ4n) is 3.80. The quantitative estimate of drug-likeness (QED) is 0.408. The fourth-order valence-corrected chi connectivity index (χ4v) is 3.80. The van der Waals surface area contributed by atoms with E-state index in [2.05, 4.69) is 0 Å². The first kappa shape index (κ1) is 23.0. The first-order valence-corrected chi connectivity index (χ1v) is 10.3. The van der Waals surface area contributed by atoms with Gasteiger partial charge >= 0.3 is 5.97 Å². The van der Waals surface area contributed by atoms with Gasteiger partial charge in [-0.3, -0.25) is 9.59 Å². The molecule has 0 aromatic heterocycles. The predicted octanol–water partition coefficient (Wildman–Crippen LogP) is 4.09. The monoisotopic (exact) mass is 400 g/mol. The topological polar surface area (TPSA) is 83.8 Å². The maximum absolute atomic E-state index is 12.2. The number of hydrogen-bond acceptors (Lipinski definition) is 4. The van der Waals surface area contributed by atoms with Gasteiger partial charge in [0.05, 0.1) is 12.7 Å². The van der Waals surface area contributed by atoms with E-state index in [0.717, 1.165) is 17.5 Å². The van der Waals surface area contributed by atoms with Crippen molar-refractivity contribution in [1.82, 2.24) is 0 Å². The van der Waals surface area contributed by atoms with E-state index < -0.39 is 12.1 Å². The summed E-state index contributed by atoms with van der Waals surface area (Å²) in [6.45, 7) is 0.551. The van der Waals surface area contributed by atoms with Crippen molar-refractivity contribution < 1.29 is 24.5 Å². The van der Waals surface area contributed by atoms with Crippen molar-refractivity contribution in [3.8, 4) is 0 Å². The smallest absolute Gasteiger partial charge is 0.303 e. The summed E-state index contributed by atoms with van der Waals surface area (Å²) in [5, 5.41) is 19.0. The molecule has 29 heavy (non-hydrogen) atoms. The fraction of sp³-hybridized carbons (Fsp3) is 0.500. The van der Waals surface area contributed by atoms with Crippen molar-refractivity contribution >= 4 is 11.8 Å². The lowest BCUT2D eigenvalue weighted by Gasteiger charge is -2.14. The first-order valence-electron chi connectivity index (χ1n) is 10.3. The molecule has 0 unspecified atom stereocenters. The van der Waals surface area contributed by atoms with Crippen molar-refractivity contribution in [3.05, 3.63) is 59.7 Å². The van der Waals surface area contributed by atoms with Crippen molar-refractivity contribution in [2.75, 3.05) is 7.11 Å². The molecule has 0 amide bonds. The number of carboxylic acids is 1. The minimum Gasteiger partial charge on any atom is -0.481 e. The number of carboxylic acid groups (broad SMARTS) is 1. The van der Waals surface area contributed by atoms with E-state index in [9.17, 15) is 14.7 Å². The Kier molecular flexibility index (Phi) is 9.81. The lowest BCUT2D eigenvalue weighted by Crippen LogP contribution is -2.14. The van der Waals surface area contributed by atoms with Crippen molar-refractivity contribution in [2.45, 2.75) is 57.7 Å². The summed E-state index contributed by atoms with van der Waals surface area (Å²) in [6, 6.07) is 8.00. The van der Waals surface area contributed by atoms with Gasteiger partial charge in [-0.05, 0) is 42.7 Å². The van der Waals surface area contributed by atoms with Crippen LogP contribution in [0.15, 0.2) is 48.6 Å². The second-order valence-corrected chi connectivity index (χ2v) is 7.68. The minimum atomic E-state index is -0.779. The highest BCUT2D eigenvalue weighted by Gasteiger charge is 2.31. The SMILES string of the molecule is COCc1cccc(C[C@H](O)C=C[C@H]2CCC(=O)[C@@H]2CC=CCCCC(=O)O)c1. The number of allylic oxidation sites excluding steroid dienone is 3. The number of benzene rings is 1. The van der Waals surface area contributed by atoms with Gasteiger partial charge in [0.2, 0.25) is 0 Å². The molecule has 0 saturated heterocycles. The van der Waals surface area contributed by atoms with E-state index in [-0.39, 0.29) is 24.0 Å². The Hall–Kier alpha value is -2.24. The molecule has 1 aromatic rings. The molecule has 1 saturated carbocycles. The van der Waals surface area contributed by atoms with Gasteiger partial charge in [-0.2, -0.15) is 0 Å². The summed E-state index contributed by atoms with van der Waals surface area (Å²) in [5.74, 6) is -0.394. The molecule has 0 spiro atoms. The van der Waals surface area contributed by atoms with Gasteiger partial charge in [-0.1, -0.05) is 48.6 Å². The van der Waals surface area contributed by atoms with Crippen LogP contribution < -0.4 is 0 Å². The van der Waals surface area contributed by atoms with Crippen LogP contribution in [0.25, 0.3) is 0 Å². The number of rotatable bonds is 12. The zero-order chi connectivity index (χ0) is 21.1. The Labute approximate surface area is 173 Å². The lowest BCUT2D eigenvalue weighted by molar-refractivity contribution is -0.137. The highest BCUT2D eigenvalue weighted by molar-refractivity contribution is 5.83. The van der Waals surface area contributed by atoms with Crippen LogP contribution in [0.1, 0.15) is 49.7 Å². The van der Waals surface area contributed by atoms with Crippen molar-refractivity contribution in [3.63, 3.8) is 0 Å². The molecule has 1 aliphatic rings. The Bertz CT molecular complexity index is 722. The van der Waals surface area contributed by atoms with Gasteiger partial charge in [-0.25, -0.2) is 0 Å². The lowest BCUT2D eigenvalue weighted by atomic mass is 9.91. The molecule has 1 aromatic carbocycles. The average molecular weight is 401 g/mol. The molecule has 158 valence electrons. The number of ketones is 1. The summed E-state index contributed by atoms with van der Waals surface area (Å²) < 4.78 is 5.15. The molecule has 2 rings (SSSR count). The molecule has 0 bridgehead atoms. The molecule has 1 fully saturated rings. The predicted molar refractivity (Wildman–Crippen MR) is 112 cm³/mol. The minimum absolute atomic E-state index is 0.0424. The zero-order valence-corrected chi connectivity index (χ0v) is 17.1. The van der Waals surface area contributed by atoms with Crippen LogP contribution in [0.5, 0.6) is 0 Å². The summed E-state index contributed by atoms with van der Waals surface area (Å²) in [5.41, 5.74) is 2.14. The van der Waals surface area contributed by atoms with Crippen LogP contribution in [0.4, 0.5) is 0 Å². The van der Waals surface area contributed by atoms with Gasteiger partial charge in [0.25, 0.3) is 0 Å². The summed E-state index contributed by atoms with van der Waals surface area (Å²) in [7, 11) is 1.66. The standard InChI is InChI=1S/C24H32O5/c1-29-17-19-8-6-7-18(15-19)16-21(25)13-11-20-12-14-23(26)22(20)9-4-2-3-5-10-24(27)28/h2,4,6-8,11,13,15,20-22,25H,3,5,9-10,12,14,16-17H2,1H3,(H,27,28)/t20-,21+,22+/m0/s1. The number of aliphatic carboxylic acids is 1. The van der Waals surface area contributed by atoms with E-state index in [1.54, 1.807) is 7.11 Å². The molecular formula is C24H32O5. The number of Topliss-reactive ketones (excluding diaryl/α,β-unsaturated/α-hetero) is 1. The van der Waals surface area contributed by atoms with Crippen LogP contribution in [0.2, 0.25) is 0 Å². The van der Waals surface area contributed by atoms with Gasteiger partial charge in [0.15, 0.2) is 0 Å². The maximum Gasteiger partial charge on any atom is 0.303 e. The van der Waals surface area contributed by atoms with Gasteiger partial charge in [0.1, 0.15) is 5.78 Å². The van der Waals surface area contributed by atoms with Crippen LogP contribution in [0, 0.1) is 11.8 Å².